The van der Waals surface area contributed by atoms with E-state index in [1.807, 2.05) is 51.2 Å². The summed E-state index contributed by atoms with van der Waals surface area (Å²) in [5.74, 6) is -2.49. The summed E-state index contributed by atoms with van der Waals surface area (Å²) >= 11 is 0. The van der Waals surface area contributed by atoms with Crippen LogP contribution < -0.4 is 31.3 Å². The molecule has 3 aromatic rings. The summed E-state index contributed by atoms with van der Waals surface area (Å²) in [6.45, 7) is 7.56. The van der Waals surface area contributed by atoms with Crippen molar-refractivity contribution in [3.63, 3.8) is 0 Å². The SMILES string of the molecule is Cc1nn(C)c(C)c1CCNC(=O)[C@@H]1CC(=O)NC(C)(C)C(=O)N[C@@H](Cc2ccccc2)C(=O)NCCCOc2ccccc2C(=O)N1. The third kappa shape index (κ3) is 9.43. The normalized spacial score (nSPS) is 19.3. The summed E-state index contributed by atoms with van der Waals surface area (Å²) in [6.07, 6.45) is 0.719. The van der Waals surface area contributed by atoms with Gasteiger partial charge in [-0.2, -0.15) is 5.10 Å². The first kappa shape index (κ1) is 35.7. The van der Waals surface area contributed by atoms with Crippen molar-refractivity contribution in [1.82, 2.24) is 36.4 Å². The van der Waals surface area contributed by atoms with Crippen LogP contribution in [0.4, 0.5) is 0 Å². The molecule has 0 spiro atoms. The van der Waals surface area contributed by atoms with E-state index in [0.717, 1.165) is 22.5 Å². The zero-order chi connectivity index (χ0) is 34.8. The van der Waals surface area contributed by atoms with Gasteiger partial charge in [0.25, 0.3) is 5.91 Å². The number of carbonyl (C=O) groups excluding carboxylic acids is 5. The van der Waals surface area contributed by atoms with Crippen molar-refractivity contribution < 1.29 is 28.7 Å². The second kappa shape index (κ2) is 16.1. The standard InChI is InChI=1S/C35H45N7O6/c1-22-25(23(2)42(5)41-22)16-18-37-33(46)28-21-30(43)40-35(3,4)34(47)39-27(20-24-12-7-6-8-13-24)32(45)36-17-11-19-48-29-15-10-9-14-26(29)31(44)38-28/h6-10,12-15,27-28H,11,16-21H2,1-5H3,(H,36,45)(H,37,46)(H,38,44)(H,39,47)(H,40,43)/t27-,28-/m0/s1. The molecule has 4 rings (SSSR count). The van der Waals surface area contributed by atoms with Crippen LogP contribution in [0.1, 0.15) is 59.6 Å². The number of para-hydroxylation sites is 1. The van der Waals surface area contributed by atoms with Crippen molar-refractivity contribution in [1.29, 1.82) is 0 Å². The van der Waals surface area contributed by atoms with E-state index in [2.05, 4.69) is 31.7 Å². The quantitative estimate of drug-likeness (QED) is 0.266. The number of aryl methyl sites for hydroxylation is 2. The summed E-state index contributed by atoms with van der Waals surface area (Å²) in [5, 5.41) is 18.3. The van der Waals surface area contributed by atoms with E-state index in [1.165, 1.54) is 13.8 Å². The van der Waals surface area contributed by atoms with E-state index in [4.69, 9.17) is 4.74 Å². The number of fused-ring (bicyclic) bond motifs is 1. The number of benzene rings is 2. The highest BCUT2D eigenvalue weighted by atomic mass is 16.5. The summed E-state index contributed by atoms with van der Waals surface area (Å²) in [4.78, 5) is 67.1. The molecule has 0 saturated heterocycles. The van der Waals surface area contributed by atoms with Gasteiger partial charge in [-0.3, -0.25) is 28.7 Å². The van der Waals surface area contributed by atoms with Crippen LogP contribution in [0.5, 0.6) is 5.75 Å². The molecule has 48 heavy (non-hydrogen) atoms. The number of aromatic nitrogens is 2. The van der Waals surface area contributed by atoms with Crippen LogP contribution in [0.15, 0.2) is 54.6 Å². The van der Waals surface area contributed by atoms with Crippen LogP contribution >= 0.6 is 0 Å². The Balaban J connectivity index is 1.56. The van der Waals surface area contributed by atoms with Gasteiger partial charge < -0.3 is 31.3 Å². The fraction of sp³-hybridized carbons (Fsp3) is 0.429. The predicted octanol–water partition coefficient (Wildman–Crippen LogP) is 1.41. The number of nitrogens with zero attached hydrogens (tertiary/aromatic N) is 2. The molecule has 2 atom stereocenters. The Labute approximate surface area is 280 Å². The van der Waals surface area contributed by atoms with E-state index in [1.54, 1.807) is 28.9 Å². The Kier molecular flexibility index (Phi) is 11.9. The molecule has 0 fully saturated rings. The van der Waals surface area contributed by atoms with Gasteiger partial charge in [-0.25, -0.2) is 0 Å². The molecule has 1 aromatic heterocycles. The van der Waals surface area contributed by atoms with Crippen molar-refractivity contribution >= 4 is 29.5 Å². The van der Waals surface area contributed by atoms with Gasteiger partial charge in [0.15, 0.2) is 0 Å². The minimum Gasteiger partial charge on any atom is -0.493 e. The number of ether oxygens (including phenoxy) is 1. The minimum atomic E-state index is -1.46. The van der Waals surface area contributed by atoms with Gasteiger partial charge in [-0.15, -0.1) is 0 Å². The van der Waals surface area contributed by atoms with Gasteiger partial charge in [0.1, 0.15) is 23.4 Å². The Hall–Kier alpha value is -5.20. The molecule has 5 N–H and O–H groups in total. The van der Waals surface area contributed by atoms with Crippen LogP contribution in [0, 0.1) is 13.8 Å². The van der Waals surface area contributed by atoms with Crippen molar-refractivity contribution in [3.8, 4) is 5.75 Å². The molecule has 0 aliphatic carbocycles. The average molecular weight is 660 g/mol. The van der Waals surface area contributed by atoms with Gasteiger partial charge in [0.2, 0.25) is 23.6 Å². The lowest BCUT2D eigenvalue weighted by Gasteiger charge is -2.29. The second-order valence-electron chi connectivity index (χ2n) is 12.4. The van der Waals surface area contributed by atoms with Crippen LogP contribution in [0.25, 0.3) is 0 Å². The highest BCUT2D eigenvalue weighted by molar-refractivity contribution is 6.01. The first-order valence-electron chi connectivity index (χ1n) is 16.1. The molecule has 0 saturated carbocycles. The van der Waals surface area contributed by atoms with Crippen LogP contribution in [-0.4, -0.2) is 76.6 Å². The molecule has 256 valence electrons. The van der Waals surface area contributed by atoms with E-state index < -0.39 is 47.7 Å². The Morgan fingerprint density at radius 1 is 1.02 bits per heavy atom. The lowest BCUT2D eigenvalue weighted by atomic mass is 10.00. The maximum atomic E-state index is 13.5. The smallest absolute Gasteiger partial charge is 0.255 e. The van der Waals surface area contributed by atoms with E-state index in [0.29, 0.717) is 18.6 Å². The highest BCUT2D eigenvalue weighted by Gasteiger charge is 2.35. The lowest BCUT2D eigenvalue weighted by Crippen LogP contribution is -2.60. The Bertz CT molecular complexity index is 1640. The van der Waals surface area contributed by atoms with Crippen molar-refractivity contribution in [2.45, 2.75) is 71.0 Å². The maximum Gasteiger partial charge on any atom is 0.255 e. The summed E-state index contributed by atoms with van der Waals surface area (Å²) < 4.78 is 7.67. The van der Waals surface area contributed by atoms with Crippen LogP contribution in [0.2, 0.25) is 0 Å². The molecule has 0 radical (unpaired) electrons. The van der Waals surface area contributed by atoms with Crippen molar-refractivity contribution in [2.75, 3.05) is 19.7 Å². The molecule has 1 aliphatic heterocycles. The number of amides is 5. The molecular formula is C35H45N7O6. The van der Waals surface area contributed by atoms with Gasteiger partial charge >= 0.3 is 0 Å². The second-order valence-corrected chi connectivity index (χ2v) is 12.4. The Morgan fingerprint density at radius 3 is 2.44 bits per heavy atom. The fourth-order valence-corrected chi connectivity index (χ4v) is 5.47. The van der Waals surface area contributed by atoms with Crippen LogP contribution in [0.3, 0.4) is 0 Å². The average Bonchev–Trinajstić information content (AvgIpc) is 3.29. The highest BCUT2D eigenvalue weighted by Crippen LogP contribution is 2.19. The van der Waals surface area contributed by atoms with Gasteiger partial charge in [0, 0.05) is 32.3 Å². The summed E-state index contributed by atoms with van der Waals surface area (Å²) in [6, 6.07) is 13.7. The maximum absolute atomic E-state index is 13.5. The molecule has 0 bridgehead atoms. The molecule has 13 heteroatoms. The molecule has 13 nitrogen and oxygen atoms in total. The van der Waals surface area contributed by atoms with Gasteiger partial charge in [0.05, 0.1) is 24.3 Å². The van der Waals surface area contributed by atoms with Crippen LogP contribution in [-0.2, 0) is 39.1 Å². The van der Waals surface area contributed by atoms with Crippen molar-refractivity contribution in [3.05, 3.63) is 82.7 Å². The lowest BCUT2D eigenvalue weighted by molar-refractivity contribution is -0.135. The zero-order valence-corrected chi connectivity index (χ0v) is 28.1. The predicted molar refractivity (Wildman–Crippen MR) is 179 cm³/mol. The van der Waals surface area contributed by atoms with E-state index >= 15 is 0 Å². The third-order valence-corrected chi connectivity index (χ3v) is 8.28. The molecule has 2 heterocycles. The largest absolute Gasteiger partial charge is 0.493 e. The van der Waals surface area contributed by atoms with Gasteiger partial charge in [-0.05, 0) is 63.8 Å². The number of hydrogen-bond donors (Lipinski definition) is 5. The summed E-state index contributed by atoms with van der Waals surface area (Å²) in [5.41, 5.74) is 2.41. The molecule has 5 amide bonds. The van der Waals surface area contributed by atoms with E-state index in [9.17, 15) is 24.0 Å². The first-order chi connectivity index (χ1) is 22.9. The number of rotatable bonds is 6. The fourth-order valence-electron chi connectivity index (χ4n) is 5.47. The van der Waals surface area contributed by atoms with E-state index in [-0.39, 0.29) is 37.6 Å². The van der Waals surface area contributed by atoms with Crippen molar-refractivity contribution in [2.24, 2.45) is 7.05 Å². The molecule has 2 aromatic carbocycles. The molecule has 0 unspecified atom stereocenters. The molecule has 1 aliphatic rings. The zero-order valence-electron chi connectivity index (χ0n) is 28.1. The van der Waals surface area contributed by atoms with Gasteiger partial charge in [-0.1, -0.05) is 42.5 Å². The minimum absolute atomic E-state index is 0.185. The first-order valence-corrected chi connectivity index (χ1v) is 16.1. The summed E-state index contributed by atoms with van der Waals surface area (Å²) in [7, 11) is 1.85. The molecular weight excluding hydrogens is 614 g/mol. The number of hydrogen-bond acceptors (Lipinski definition) is 7. The topological polar surface area (TPSA) is 173 Å². The monoisotopic (exact) mass is 659 g/mol. The number of nitrogens with one attached hydrogen (secondary N) is 5. The number of carbonyl (C=O) groups is 5. The Morgan fingerprint density at radius 2 is 1.73 bits per heavy atom. The third-order valence-electron chi connectivity index (χ3n) is 8.28.